The van der Waals surface area contributed by atoms with E-state index in [0.717, 1.165) is 27.8 Å². The molecule has 1 aromatic heterocycles. The van der Waals surface area contributed by atoms with Crippen LogP contribution in [-0.4, -0.2) is 40.7 Å². The third-order valence-electron chi connectivity index (χ3n) is 5.46. The van der Waals surface area contributed by atoms with Gasteiger partial charge in [0.25, 0.3) is 0 Å². The van der Waals surface area contributed by atoms with E-state index in [-0.39, 0.29) is 19.1 Å². The van der Waals surface area contributed by atoms with Crippen molar-refractivity contribution < 1.29 is 24.2 Å². The number of carbonyl (C=O) groups excluding carboxylic acids is 2. The lowest BCUT2D eigenvalue weighted by Gasteiger charge is -2.18. The van der Waals surface area contributed by atoms with Gasteiger partial charge in [0.05, 0.1) is 6.42 Å². The quantitative estimate of drug-likeness (QED) is 0.435. The minimum atomic E-state index is -1.25. The zero-order valence-electron chi connectivity index (χ0n) is 17.2. The second-order valence-electron chi connectivity index (χ2n) is 7.56. The molecule has 1 unspecified atom stereocenters. The van der Waals surface area contributed by atoms with Gasteiger partial charge in [-0.2, -0.15) is 0 Å². The van der Waals surface area contributed by atoms with Crippen LogP contribution < -0.4 is 10.6 Å². The number of alkyl carbamates (subject to hydrolysis) is 1. The molecule has 1 atom stereocenters. The number of fused-ring (bicyclic) bond motifs is 3. The highest BCUT2D eigenvalue weighted by molar-refractivity contribution is 5.89. The van der Waals surface area contributed by atoms with Gasteiger partial charge in [0.15, 0.2) is 0 Å². The van der Waals surface area contributed by atoms with E-state index in [1.807, 2.05) is 48.5 Å². The van der Waals surface area contributed by atoms with Crippen molar-refractivity contribution in [3.63, 3.8) is 0 Å². The lowest BCUT2D eigenvalue weighted by molar-refractivity contribution is -0.139. The highest BCUT2D eigenvalue weighted by atomic mass is 16.5. The number of benzene rings is 2. The Kier molecular flexibility index (Phi) is 6.21. The van der Waals surface area contributed by atoms with Gasteiger partial charge in [-0.25, -0.2) is 4.79 Å². The number of aliphatic carboxylic acids is 1. The highest BCUT2D eigenvalue weighted by Crippen LogP contribution is 2.44. The van der Waals surface area contributed by atoms with Gasteiger partial charge in [-0.05, 0) is 33.9 Å². The first-order valence-electron chi connectivity index (χ1n) is 10.3. The number of ether oxygens (including phenoxy) is 1. The number of hydrogen-bond acceptors (Lipinski definition) is 4. The largest absolute Gasteiger partial charge is 0.481 e. The average molecular weight is 433 g/mol. The van der Waals surface area contributed by atoms with E-state index in [4.69, 9.17) is 9.84 Å². The number of rotatable bonds is 8. The molecule has 32 heavy (non-hydrogen) atoms. The molecule has 1 heterocycles. The Labute approximate surface area is 184 Å². The molecule has 1 aliphatic rings. The normalized spacial score (nSPS) is 13.0. The molecule has 4 rings (SSSR count). The van der Waals surface area contributed by atoms with Crippen molar-refractivity contribution in [3.05, 3.63) is 83.7 Å². The number of carboxylic acids is 1. The van der Waals surface area contributed by atoms with Crippen LogP contribution in [-0.2, 0) is 20.9 Å². The average Bonchev–Trinajstić information content (AvgIpc) is 3.41. The molecule has 0 saturated carbocycles. The zero-order valence-corrected chi connectivity index (χ0v) is 17.2. The zero-order chi connectivity index (χ0) is 22.5. The summed E-state index contributed by atoms with van der Waals surface area (Å²) in [7, 11) is 0. The molecule has 0 bridgehead atoms. The lowest BCUT2D eigenvalue weighted by atomic mass is 9.98. The van der Waals surface area contributed by atoms with E-state index in [1.54, 1.807) is 18.5 Å². The highest BCUT2D eigenvalue weighted by Gasteiger charge is 2.30. The molecule has 0 spiro atoms. The lowest BCUT2D eigenvalue weighted by Crippen LogP contribution is -2.48. The van der Waals surface area contributed by atoms with Crippen molar-refractivity contribution in [2.24, 2.45) is 0 Å². The van der Waals surface area contributed by atoms with Gasteiger partial charge in [0.2, 0.25) is 5.91 Å². The Bertz CT molecular complexity index is 1080. The fourth-order valence-electron chi connectivity index (χ4n) is 3.95. The van der Waals surface area contributed by atoms with Crippen LogP contribution in [0.2, 0.25) is 0 Å². The molecule has 2 aromatic carbocycles. The summed E-state index contributed by atoms with van der Waals surface area (Å²) in [6, 6.07) is 16.4. The summed E-state index contributed by atoms with van der Waals surface area (Å²) >= 11 is 0. The fraction of sp³-hybridized carbons (Fsp3) is 0.208. The minimum Gasteiger partial charge on any atom is -0.481 e. The molecule has 0 fully saturated rings. The Hall–Kier alpha value is -4.07. The maximum absolute atomic E-state index is 12.4. The van der Waals surface area contributed by atoms with E-state index in [0.29, 0.717) is 0 Å². The molecule has 3 aromatic rings. The van der Waals surface area contributed by atoms with Crippen molar-refractivity contribution in [3.8, 4) is 11.1 Å². The number of nitrogens with one attached hydrogen (secondary N) is 3. The number of carbonyl (C=O) groups is 3. The molecular formula is C24H23N3O5. The predicted octanol–water partition coefficient (Wildman–Crippen LogP) is 3.01. The summed E-state index contributed by atoms with van der Waals surface area (Å²) in [4.78, 5) is 38.9. The number of aromatic amines is 1. The van der Waals surface area contributed by atoms with Crippen LogP contribution in [0.1, 0.15) is 29.0 Å². The predicted molar refractivity (Wildman–Crippen MR) is 117 cm³/mol. The Morgan fingerprint density at radius 2 is 1.66 bits per heavy atom. The van der Waals surface area contributed by atoms with Crippen molar-refractivity contribution >= 4 is 18.0 Å². The number of carboxylic acid groups (broad SMARTS) is 1. The van der Waals surface area contributed by atoms with Gasteiger partial charge < -0.3 is 25.5 Å². The Balaban J connectivity index is 1.39. The van der Waals surface area contributed by atoms with Gasteiger partial charge >= 0.3 is 12.1 Å². The van der Waals surface area contributed by atoms with Gasteiger partial charge in [-0.15, -0.1) is 0 Å². The van der Waals surface area contributed by atoms with Crippen LogP contribution in [0.4, 0.5) is 4.79 Å². The number of aromatic nitrogens is 1. The second kappa shape index (κ2) is 9.38. The SMILES string of the molecule is O=C(O)CC(NC(=O)OCC1c2ccccc2-c2ccccc21)C(=O)NCc1cc[nH]c1. The second-order valence-corrected chi connectivity index (χ2v) is 7.56. The molecule has 164 valence electrons. The molecule has 8 heteroatoms. The van der Waals surface area contributed by atoms with E-state index in [2.05, 4.69) is 15.6 Å². The Morgan fingerprint density at radius 3 is 2.25 bits per heavy atom. The fourth-order valence-corrected chi connectivity index (χ4v) is 3.95. The monoisotopic (exact) mass is 433 g/mol. The third kappa shape index (κ3) is 4.64. The summed E-state index contributed by atoms with van der Waals surface area (Å²) in [5.74, 6) is -1.93. The maximum atomic E-state index is 12.4. The molecule has 8 nitrogen and oxygen atoms in total. The van der Waals surface area contributed by atoms with Crippen molar-refractivity contribution in [1.82, 2.24) is 15.6 Å². The Morgan fingerprint density at radius 1 is 1.00 bits per heavy atom. The molecule has 2 amide bonds. The van der Waals surface area contributed by atoms with Crippen LogP contribution in [0.5, 0.6) is 0 Å². The van der Waals surface area contributed by atoms with Crippen LogP contribution in [0.15, 0.2) is 67.0 Å². The molecule has 0 aliphatic heterocycles. The van der Waals surface area contributed by atoms with E-state index in [9.17, 15) is 14.4 Å². The van der Waals surface area contributed by atoms with E-state index >= 15 is 0 Å². The van der Waals surface area contributed by atoms with Crippen LogP contribution in [0.25, 0.3) is 11.1 Å². The van der Waals surface area contributed by atoms with Gasteiger partial charge in [0.1, 0.15) is 12.6 Å². The number of H-pyrrole nitrogens is 1. The maximum Gasteiger partial charge on any atom is 0.407 e. The van der Waals surface area contributed by atoms with E-state index < -0.39 is 30.4 Å². The number of hydrogen-bond donors (Lipinski definition) is 4. The van der Waals surface area contributed by atoms with Crippen LogP contribution in [0.3, 0.4) is 0 Å². The van der Waals surface area contributed by atoms with Crippen molar-refractivity contribution in [2.45, 2.75) is 24.9 Å². The summed E-state index contributed by atoms with van der Waals surface area (Å²) in [5.41, 5.74) is 5.16. The number of amides is 2. The minimum absolute atomic E-state index is 0.0740. The first-order valence-corrected chi connectivity index (χ1v) is 10.3. The smallest absolute Gasteiger partial charge is 0.407 e. The summed E-state index contributed by atoms with van der Waals surface area (Å²) in [6.45, 7) is 0.287. The summed E-state index contributed by atoms with van der Waals surface area (Å²) in [6.07, 6.45) is 2.04. The summed E-state index contributed by atoms with van der Waals surface area (Å²) in [5, 5.41) is 14.2. The standard InChI is InChI=1S/C24H23N3O5/c28-22(29)11-21(23(30)26-13-15-9-10-25-12-15)27-24(31)32-14-20-18-7-3-1-5-16(18)17-6-2-4-8-19(17)20/h1-10,12,20-21,25H,11,13-14H2,(H,26,30)(H,27,31)(H,28,29). The molecule has 0 radical (unpaired) electrons. The summed E-state index contributed by atoms with van der Waals surface area (Å²) < 4.78 is 5.42. The van der Waals surface area contributed by atoms with Crippen molar-refractivity contribution in [1.29, 1.82) is 0 Å². The van der Waals surface area contributed by atoms with Gasteiger partial charge in [-0.1, -0.05) is 48.5 Å². The molecule has 1 aliphatic carbocycles. The van der Waals surface area contributed by atoms with Crippen LogP contribution in [0, 0.1) is 0 Å². The molecule has 0 saturated heterocycles. The molecule has 4 N–H and O–H groups in total. The van der Waals surface area contributed by atoms with Crippen molar-refractivity contribution in [2.75, 3.05) is 6.61 Å². The molecular weight excluding hydrogens is 410 g/mol. The van der Waals surface area contributed by atoms with Crippen LogP contribution >= 0.6 is 0 Å². The third-order valence-corrected chi connectivity index (χ3v) is 5.46. The van der Waals surface area contributed by atoms with Gasteiger partial charge in [0, 0.05) is 24.9 Å². The first kappa shape index (κ1) is 21.2. The van der Waals surface area contributed by atoms with Gasteiger partial charge in [-0.3, -0.25) is 9.59 Å². The first-order chi connectivity index (χ1) is 15.5. The van der Waals surface area contributed by atoms with E-state index in [1.165, 1.54) is 0 Å². The topological polar surface area (TPSA) is 121 Å².